The second-order valence-electron chi connectivity index (χ2n) is 2.62. The molecule has 13 heavy (non-hydrogen) atoms. The first-order valence-corrected chi connectivity index (χ1v) is 4.66. The molecule has 0 bridgehead atoms. The predicted octanol–water partition coefficient (Wildman–Crippen LogP) is 2.70. The van der Waals surface area contributed by atoms with Crippen LogP contribution in [-0.2, 0) is 9.53 Å². The largest absolute Gasteiger partial charge is 0.443 e. The Morgan fingerprint density at radius 3 is 2.23 bits per heavy atom. The lowest BCUT2D eigenvalue weighted by atomic mass is 10.1. The van der Waals surface area contributed by atoms with Crippen LogP contribution in [0.1, 0.15) is 20.3 Å². The smallest absolute Gasteiger partial charge is 0.360 e. The fourth-order valence-corrected chi connectivity index (χ4v) is 0.582. The molecule has 0 aromatic heterocycles. The van der Waals surface area contributed by atoms with Gasteiger partial charge in [0.2, 0.25) is 0 Å². The van der Waals surface area contributed by atoms with Gasteiger partial charge in [0, 0.05) is 0 Å². The normalized spacial score (nSPS) is 15.7. The second-order valence-corrected chi connectivity index (χ2v) is 4.90. The number of terminal acetylenes is 1. The molecule has 5 heteroatoms. The van der Waals surface area contributed by atoms with Gasteiger partial charge in [0.05, 0.1) is 0 Å². The number of carbonyl (C=O) groups is 1. The van der Waals surface area contributed by atoms with E-state index >= 15 is 0 Å². The lowest BCUT2D eigenvalue weighted by Crippen LogP contribution is -2.34. The van der Waals surface area contributed by atoms with Gasteiger partial charge in [-0.05, 0) is 13.3 Å². The minimum atomic E-state index is -2.08. The van der Waals surface area contributed by atoms with Gasteiger partial charge in [-0.25, -0.2) is 4.79 Å². The zero-order chi connectivity index (χ0) is 10.7. The van der Waals surface area contributed by atoms with Crippen LogP contribution in [-0.4, -0.2) is 15.4 Å². The topological polar surface area (TPSA) is 26.3 Å². The van der Waals surface area contributed by atoms with Crippen molar-refractivity contribution in [2.24, 2.45) is 0 Å². The van der Waals surface area contributed by atoms with Crippen molar-refractivity contribution in [3.05, 3.63) is 0 Å². The highest BCUT2D eigenvalue weighted by molar-refractivity contribution is 6.75. The van der Waals surface area contributed by atoms with E-state index in [4.69, 9.17) is 46.0 Å². The van der Waals surface area contributed by atoms with E-state index in [1.54, 1.807) is 13.8 Å². The Morgan fingerprint density at radius 2 is 2.00 bits per heavy atom. The molecule has 0 rings (SSSR count). The van der Waals surface area contributed by atoms with Gasteiger partial charge in [0.1, 0.15) is 0 Å². The van der Waals surface area contributed by atoms with Gasteiger partial charge in [-0.2, -0.15) is 0 Å². The number of hydrogen-bond donors (Lipinski definition) is 0. The third-order valence-corrected chi connectivity index (χ3v) is 1.99. The predicted molar refractivity (Wildman–Crippen MR) is 53.9 cm³/mol. The Balaban J connectivity index is 4.47. The Hall–Kier alpha value is -0.100. The van der Waals surface area contributed by atoms with Crippen molar-refractivity contribution in [1.29, 1.82) is 0 Å². The molecule has 0 aliphatic heterocycles. The molecule has 0 amide bonds. The van der Waals surface area contributed by atoms with Crippen LogP contribution >= 0.6 is 34.8 Å². The van der Waals surface area contributed by atoms with Crippen LogP contribution < -0.4 is 0 Å². The summed E-state index contributed by atoms with van der Waals surface area (Å²) in [6.07, 6.45) is 5.61. The lowest BCUT2D eigenvalue weighted by molar-refractivity contribution is -0.152. The maximum atomic E-state index is 11.1. The minimum Gasteiger partial charge on any atom is -0.443 e. The van der Waals surface area contributed by atoms with Crippen molar-refractivity contribution in [3.8, 4) is 12.3 Å². The lowest BCUT2D eigenvalue weighted by Gasteiger charge is -2.24. The molecule has 0 aliphatic carbocycles. The molecule has 0 aromatic rings. The molecule has 74 valence electrons. The van der Waals surface area contributed by atoms with E-state index in [2.05, 4.69) is 5.92 Å². The van der Waals surface area contributed by atoms with E-state index in [0.29, 0.717) is 6.42 Å². The summed E-state index contributed by atoms with van der Waals surface area (Å²) in [6, 6.07) is 0. The van der Waals surface area contributed by atoms with Gasteiger partial charge in [0.25, 0.3) is 3.79 Å². The molecule has 1 atom stereocenters. The molecule has 1 unspecified atom stereocenters. The zero-order valence-corrected chi connectivity index (χ0v) is 9.50. The summed E-state index contributed by atoms with van der Waals surface area (Å²) in [6.45, 7) is 3.34. The number of ether oxygens (including phenoxy) is 1. The summed E-state index contributed by atoms with van der Waals surface area (Å²) in [4.78, 5) is 11.1. The number of halogens is 3. The summed E-state index contributed by atoms with van der Waals surface area (Å²) in [5, 5.41) is 0. The number of alkyl halides is 3. The number of carbonyl (C=O) groups excluding carboxylic acids is 1. The van der Waals surface area contributed by atoms with Gasteiger partial charge in [-0.1, -0.05) is 47.6 Å². The average molecular weight is 244 g/mol. The first kappa shape index (κ1) is 12.9. The van der Waals surface area contributed by atoms with Crippen LogP contribution in [0.15, 0.2) is 0 Å². The third-order valence-electron chi connectivity index (χ3n) is 1.53. The van der Waals surface area contributed by atoms with E-state index in [-0.39, 0.29) is 0 Å². The van der Waals surface area contributed by atoms with Gasteiger partial charge in [-0.3, -0.25) is 0 Å². The van der Waals surface area contributed by atoms with Crippen molar-refractivity contribution < 1.29 is 9.53 Å². The van der Waals surface area contributed by atoms with Gasteiger partial charge in [-0.15, -0.1) is 6.42 Å². The molecule has 0 fully saturated rings. The quantitative estimate of drug-likeness (QED) is 0.423. The van der Waals surface area contributed by atoms with Crippen LogP contribution in [0.5, 0.6) is 0 Å². The molecular formula is C8H9Cl3O2. The first-order chi connectivity index (χ1) is 5.75. The molecule has 0 saturated heterocycles. The molecule has 0 aliphatic rings. The van der Waals surface area contributed by atoms with Crippen molar-refractivity contribution in [1.82, 2.24) is 0 Å². The van der Waals surface area contributed by atoms with Crippen molar-refractivity contribution >= 4 is 40.8 Å². The minimum absolute atomic E-state index is 0.454. The van der Waals surface area contributed by atoms with Crippen LogP contribution in [0.25, 0.3) is 0 Å². The third kappa shape index (κ3) is 4.08. The van der Waals surface area contributed by atoms with Gasteiger partial charge < -0.3 is 4.74 Å². The maximum Gasteiger partial charge on any atom is 0.360 e. The Labute approximate surface area is 92.5 Å². The summed E-state index contributed by atoms with van der Waals surface area (Å²) >= 11 is 15.9. The van der Waals surface area contributed by atoms with Crippen LogP contribution in [0, 0.1) is 12.3 Å². The highest BCUT2D eigenvalue weighted by atomic mass is 35.6. The molecule has 0 radical (unpaired) electrons. The van der Waals surface area contributed by atoms with E-state index < -0.39 is 15.4 Å². The van der Waals surface area contributed by atoms with Crippen LogP contribution in [0.4, 0.5) is 0 Å². The Morgan fingerprint density at radius 1 is 1.54 bits per heavy atom. The molecule has 0 N–H and O–H groups in total. The van der Waals surface area contributed by atoms with E-state index in [0.717, 1.165) is 0 Å². The summed E-state index contributed by atoms with van der Waals surface area (Å²) in [5.74, 6) is 1.35. The standard InChI is InChI=1S/C8H9Cl3O2/c1-4-7(3,5-2)13-6(12)8(9,10)11/h1H,5H2,2-3H3. The van der Waals surface area contributed by atoms with Crippen molar-refractivity contribution in [2.45, 2.75) is 29.7 Å². The fourth-order valence-electron chi connectivity index (χ4n) is 0.466. The maximum absolute atomic E-state index is 11.1. The van der Waals surface area contributed by atoms with Gasteiger partial charge >= 0.3 is 5.97 Å². The molecular weight excluding hydrogens is 234 g/mol. The SMILES string of the molecule is C#CC(C)(CC)OC(=O)C(Cl)(Cl)Cl. The van der Waals surface area contributed by atoms with Crippen molar-refractivity contribution in [3.63, 3.8) is 0 Å². The van der Waals surface area contributed by atoms with E-state index in [9.17, 15) is 4.79 Å². The molecule has 0 aromatic carbocycles. The fraction of sp³-hybridized carbons (Fsp3) is 0.625. The monoisotopic (exact) mass is 242 g/mol. The summed E-state index contributed by atoms with van der Waals surface area (Å²) in [5.41, 5.74) is -1.01. The first-order valence-electron chi connectivity index (χ1n) is 3.53. The highest BCUT2D eigenvalue weighted by Gasteiger charge is 2.37. The van der Waals surface area contributed by atoms with Crippen molar-refractivity contribution in [2.75, 3.05) is 0 Å². The Kier molecular flexibility index (Phi) is 4.38. The second kappa shape index (κ2) is 4.41. The highest BCUT2D eigenvalue weighted by Crippen LogP contribution is 2.30. The van der Waals surface area contributed by atoms with Gasteiger partial charge in [0.15, 0.2) is 5.60 Å². The summed E-state index contributed by atoms with van der Waals surface area (Å²) < 4.78 is 2.75. The molecule has 2 nitrogen and oxygen atoms in total. The molecule has 0 heterocycles. The number of hydrogen-bond acceptors (Lipinski definition) is 2. The van der Waals surface area contributed by atoms with E-state index in [1.165, 1.54) is 0 Å². The molecule has 0 saturated carbocycles. The summed E-state index contributed by atoms with van der Waals surface area (Å²) in [7, 11) is 0. The zero-order valence-electron chi connectivity index (χ0n) is 7.23. The van der Waals surface area contributed by atoms with Crippen LogP contribution in [0.2, 0.25) is 0 Å². The number of esters is 1. The number of rotatable bonds is 2. The Bertz CT molecular complexity index is 239. The van der Waals surface area contributed by atoms with Crippen LogP contribution in [0.3, 0.4) is 0 Å². The average Bonchev–Trinajstić information content (AvgIpc) is 2.02. The molecule has 0 spiro atoms. The van der Waals surface area contributed by atoms with E-state index in [1.807, 2.05) is 0 Å².